The number of rotatable bonds is 7. The van der Waals surface area contributed by atoms with Crippen molar-refractivity contribution in [3.63, 3.8) is 0 Å². The molecule has 0 bridgehead atoms. The van der Waals surface area contributed by atoms with Gasteiger partial charge < -0.3 is 24.1 Å². The summed E-state index contributed by atoms with van der Waals surface area (Å²) in [5, 5.41) is 9.47. The smallest absolute Gasteiger partial charge is 0.189 e. The summed E-state index contributed by atoms with van der Waals surface area (Å²) in [4.78, 5) is 0. The van der Waals surface area contributed by atoms with Crippen LogP contribution in [0.3, 0.4) is 0 Å². The second kappa shape index (κ2) is 6.92. The van der Waals surface area contributed by atoms with Crippen molar-refractivity contribution in [1.29, 1.82) is 0 Å². The summed E-state index contributed by atoms with van der Waals surface area (Å²) in [6.07, 6.45) is 0. The summed E-state index contributed by atoms with van der Waals surface area (Å²) in [6.45, 7) is 1.01. The molecular formula is C11H16O5. The lowest BCUT2D eigenvalue weighted by atomic mass is 10.3. The molecule has 1 aromatic carbocycles. The fourth-order valence-electron chi connectivity index (χ4n) is 1.04. The molecule has 0 amide bonds. The van der Waals surface area contributed by atoms with Crippen molar-refractivity contribution >= 4 is 0 Å². The van der Waals surface area contributed by atoms with Gasteiger partial charge in [0.05, 0.1) is 20.3 Å². The Balaban J connectivity index is 2.40. The molecule has 0 aromatic heterocycles. The number of phenols is 1. The van der Waals surface area contributed by atoms with Crippen LogP contribution in [0.4, 0.5) is 0 Å². The van der Waals surface area contributed by atoms with Crippen LogP contribution in [0, 0.1) is 0 Å². The lowest BCUT2D eigenvalue weighted by molar-refractivity contribution is -0.00952. The van der Waals surface area contributed by atoms with Crippen molar-refractivity contribution in [2.75, 3.05) is 34.2 Å². The van der Waals surface area contributed by atoms with E-state index in [1.165, 1.54) is 6.07 Å². The standard InChI is InChI=1S/C11H16O5/c1-13-5-6-15-8-16-11-7-9(14-2)3-4-10(11)12/h3-4,7,12H,5-6,8H2,1-2H3. The third kappa shape index (κ3) is 3.96. The molecule has 0 saturated heterocycles. The van der Waals surface area contributed by atoms with E-state index in [-0.39, 0.29) is 12.5 Å². The first-order valence-corrected chi connectivity index (χ1v) is 4.84. The van der Waals surface area contributed by atoms with Gasteiger partial charge in [0.25, 0.3) is 0 Å². The van der Waals surface area contributed by atoms with Crippen LogP contribution in [0.5, 0.6) is 17.2 Å². The second-order valence-electron chi connectivity index (χ2n) is 3.00. The van der Waals surface area contributed by atoms with Crippen molar-refractivity contribution < 1.29 is 24.1 Å². The molecule has 1 N–H and O–H groups in total. The van der Waals surface area contributed by atoms with Crippen LogP contribution in [-0.2, 0) is 9.47 Å². The summed E-state index contributed by atoms with van der Waals surface area (Å²) in [7, 11) is 3.14. The Morgan fingerprint density at radius 2 is 2.00 bits per heavy atom. The highest BCUT2D eigenvalue weighted by molar-refractivity contribution is 5.44. The van der Waals surface area contributed by atoms with E-state index >= 15 is 0 Å². The highest BCUT2D eigenvalue weighted by Gasteiger charge is 2.03. The minimum absolute atomic E-state index is 0.0520. The zero-order valence-corrected chi connectivity index (χ0v) is 9.43. The highest BCUT2D eigenvalue weighted by Crippen LogP contribution is 2.29. The molecule has 16 heavy (non-hydrogen) atoms. The van der Waals surface area contributed by atoms with Gasteiger partial charge in [-0.2, -0.15) is 0 Å². The maximum absolute atomic E-state index is 9.47. The third-order valence-corrected chi connectivity index (χ3v) is 1.90. The van der Waals surface area contributed by atoms with Gasteiger partial charge in [-0.05, 0) is 12.1 Å². The number of benzene rings is 1. The van der Waals surface area contributed by atoms with Crippen LogP contribution in [0.25, 0.3) is 0 Å². The molecule has 0 aliphatic heterocycles. The molecule has 0 fully saturated rings. The molecule has 1 rings (SSSR count). The lowest BCUT2D eigenvalue weighted by Gasteiger charge is -2.09. The van der Waals surface area contributed by atoms with Crippen LogP contribution < -0.4 is 9.47 Å². The predicted octanol–water partition coefficient (Wildman–Crippen LogP) is 1.40. The average Bonchev–Trinajstić information content (AvgIpc) is 2.31. The molecule has 0 unspecified atom stereocenters. The number of hydrogen-bond acceptors (Lipinski definition) is 5. The van der Waals surface area contributed by atoms with E-state index in [0.29, 0.717) is 24.7 Å². The van der Waals surface area contributed by atoms with Gasteiger partial charge in [0.2, 0.25) is 0 Å². The van der Waals surface area contributed by atoms with Gasteiger partial charge in [0, 0.05) is 13.2 Å². The summed E-state index contributed by atoms with van der Waals surface area (Å²) in [5.74, 6) is 0.998. The van der Waals surface area contributed by atoms with E-state index in [2.05, 4.69) is 0 Å². The highest BCUT2D eigenvalue weighted by atomic mass is 16.7. The van der Waals surface area contributed by atoms with E-state index in [4.69, 9.17) is 18.9 Å². The first-order valence-electron chi connectivity index (χ1n) is 4.84. The predicted molar refractivity (Wildman–Crippen MR) is 58.0 cm³/mol. The Hall–Kier alpha value is -1.46. The molecule has 5 heteroatoms. The summed E-state index contributed by atoms with van der Waals surface area (Å²) >= 11 is 0. The number of aromatic hydroxyl groups is 1. The zero-order valence-electron chi connectivity index (χ0n) is 9.43. The zero-order chi connectivity index (χ0) is 11.8. The van der Waals surface area contributed by atoms with E-state index in [0.717, 1.165) is 0 Å². The first kappa shape index (κ1) is 12.6. The monoisotopic (exact) mass is 228 g/mol. The van der Waals surface area contributed by atoms with Gasteiger partial charge in [-0.15, -0.1) is 0 Å². The van der Waals surface area contributed by atoms with E-state index in [9.17, 15) is 5.11 Å². The van der Waals surface area contributed by atoms with Crippen molar-refractivity contribution in [2.24, 2.45) is 0 Å². The largest absolute Gasteiger partial charge is 0.504 e. The number of ether oxygens (including phenoxy) is 4. The molecule has 0 radical (unpaired) electrons. The minimum Gasteiger partial charge on any atom is -0.504 e. The van der Waals surface area contributed by atoms with E-state index in [1.807, 2.05) is 0 Å². The average molecular weight is 228 g/mol. The van der Waals surface area contributed by atoms with Gasteiger partial charge in [-0.25, -0.2) is 0 Å². The van der Waals surface area contributed by atoms with Crippen LogP contribution in [0.15, 0.2) is 18.2 Å². The van der Waals surface area contributed by atoms with E-state index in [1.54, 1.807) is 26.4 Å². The third-order valence-electron chi connectivity index (χ3n) is 1.90. The molecule has 0 spiro atoms. The SMILES string of the molecule is COCCOCOc1cc(OC)ccc1O. The Morgan fingerprint density at radius 3 is 2.69 bits per heavy atom. The van der Waals surface area contributed by atoms with Crippen LogP contribution in [-0.4, -0.2) is 39.3 Å². The van der Waals surface area contributed by atoms with Crippen molar-refractivity contribution in [1.82, 2.24) is 0 Å². The first-order chi connectivity index (χ1) is 7.77. The normalized spacial score (nSPS) is 10.1. The number of methoxy groups -OCH3 is 2. The maximum atomic E-state index is 9.47. The molecule has 0 aliphatic carbocycles. The Labute approximate surface area is 94.5 Å². The summed E-state index contributed by atoms with van der Waals surface area (Å²) < 4.78 is 20.1. The molecule has 0 saturated carbocycles. The Morgan fingerprint density at radius 1 is 1.19 bits per heavy atom. The van der Waals surface area contributed by atoms with Crippen molar-refractivity contribution in [3.05, 3.63) is 18.2 Å². The van der Waals surface area contributed by atoms with Gasteiger partial charge in [0.15, 0.2) is 18.3 Å². The Bertz CT molecular complexity index is 313. The molecule has 5 nitrogen and oxygen atoms in total. The molecular weight excluding hydrogens is 212 g/mol. The molecule has 90 valence electrons. The van der Waals surface area contributed by atoms with Gasteiger partial charge in [-0.1, -0.05) is 0 Å². The maximum Gasteiger partial charge on any atom is 0.189 e. The molecule has 1 aromatic rings. The van der Waals surface area contributed by atoms with Crippen LogP contribution in [0.1, 0.15) is 0 Å². The molecule has 0 aliphatic rings. The lowest BCUT2D eigenvalue weighted by Crippen LogP contribution is -2.07. The van der Waals surface area contributed by atoms with Gasteiger partial charge in [0.1, 0.15) is 5.75 Å². The number of hydrogen-bond donors (Lipinski definition) is 1. The molecule has 0 atom stereocenters. The van der Waals surface area contributed by atoms with E-state index < -0.39 is 0 Å². The topological polar surface area (TPSA) is 57.2 Å². The quantitative estimate of drug-likeness (QED) is 0.564. The summed E-state index contributed by atoms with van der Waals surface area (Å²) in [6, 6.07) is 4.74. The Kier molecular flexibility index (Phi) is 5.45. The fourth-order valence-corrected chi connectivity index (χ4v) is 1.04. The van der Waals surface area contributed by atoms with Crippen molar-refractivity contribution in [3.8, 4) is 17.2 Å². The van der Waals surface area contributed by atoms with Crippen molar-refractivity contribution in [2.45, 2.75) is 0 Å². The summed E-state index contributed by atoms with van der Waals surface area (Å²) in [5.41, 5.74) is 0. The van der Waals surface area contributed by atoms with Crippen LogP contribution >= 0.6 is 0 Å². The van der Waals surface area contributed by atoms with Gasteiger partial charge in [-0.3, -0.25) is 0 Å². The van der Waals surface area contributed by atoms with Crippen LogP contribution in [0.2, 0.25) is 0 Å². The second-order valence-corrected chi connectivity index (χ2v) is 3.00. The minimum atomic E-state index is 0.0520. The number of phenolic OH excluding ortho intramolecular Hbond substituents is 1. The fraction of sp³-hybridized carbons (Fsp3) is 0.455. The molecule has 0 heterocycles. The van der Waals surface area contributed by atoms with Gasteiger partial charge >= 0.3 is 0 Å².